The van der Waals surface area contributed by atoms with Crippen molar-refractivity contribution in [2.45, 2.75) is 255 Å². The maximum atomic E-state index is 13.1. The third-order valence-corrected chi connectivity index (χ3v) is 12.2. The molecule has 1 saturated heterocycles. The molecule has 1 heterocycles. The number of allylic oxidation sites excluding steroid dienone is 5. The van der Waals surface area contributed by atoms with Crippen molar-refractivity contribution in [3.8, 4) is 0 Å². The Morgan fingerprint density at radius 2 is 1.14 bits per heavy atom. The van der Waals surface area contributed by atoms with Crippen LogP contribution in [0.1, 0.15) is 206 Å². The van der Waals surface area contributed by atoms with Crippen molar-refractivity contribution in [1.82, 2.24) is 5.32 Å². The van der Waals surface area contributed by atoms with Gasteiger partial charge >= 0.3 is 10.4 Å². The number of amides is 1. The Labute approximate surface area is 382 Å². The molecule has 1 aliphatic rings. The summed E-state index contributed by atoms with van der Waals surface area (Å²) >= 11 is 0. The Hall–Kier alpha value is -1.72. The molecule has 0 bridgehead atoms. The third-order valence-electron chi connectivity index (χ3n) is 11.8. The second kappa shape index (κ2) is 39.4. The molecule has 0 aromatic rings. The van der Waals surface area contributed by atoms with Crippen LogP contribution in [0.2, 0.25) is 0 Å². The molecule has 63 heavy (non-hydrogen) atoms. The van der Waals surface area contributed by atoms with Gasteiger partial charge in [-0.3, -0.25) is 9.35 Å². The highest BCUT2D eigenvalue weighted by molar-refractivity contribution is 7.80. The van der Waals surface area contributed by atoms with Crippen LogP contribution in [0.3, 0.4) is 0 Å². The fourth-order valence-electron chi connectivity index (χ4n) is 7.85. The van der Waals surface area contributed by atoms with Gasteiger partial charge in [0.2, 0.25) is 5.91 Å². The highest BCUT2D eigenvalue weighted by Crippen LogP contribution is 2.26. The van der Waals surface area contributed by atoms with Crippen LogP contribution in [0.15, 0.2) is 36.5 Å². The second-order valence-electron chi connectivity index (χ2n) is 17.5. The van der Waals surface area contributed by atoms with Gasteiger partial charge in [0.1, 0.15) is 30.5 Å². The van der Waals surface area contributed by atoms with Crippen LogP contribution in [0, 0.1) is 0 Å². The zero-order valence-corrected chi connectivity index (χ0v) is 40.1. The van der Waals surface area contributed by atoms with Crippen molar-refractivity contribution in [3.63, 3.8) is 0 Å². The minimum absolute atomic E-state index is 0.242. The third kappa shape index (κ3) is 31.8. The monoisotopic (exact) mass is 918 g/mol. The maximum absolute atomic E-state index is 13.1. The normalized spacial score (nSPS) is 21.2. The number of aliphatic hydroxyl groups excluding tert-OH is 5. The van der Waals surface area contributed by atoms with Gasteiger partial charge in [-0.1, -0.05) is 198 Å². The van der Waals surface area contributed by atoms with Gasteiger partial charge in [0.25, 0.3) is 0 Å². The molecule has 1 fully saturated rings. The van der Waals surface area contributed by atoms with Crippen LogP contribution in [0.4, 0.5) is 0 Å². The van der Waals surface area contributed by atoms with Crippen LogP contribution in [0.25, 0.3) is 0 Å². The van der Waals surface area contributed by atoms with E-state index in [0.29, 0.717) is 12.8 Å². The smallest absolute Gasteiger partial charge is 0.394 e. The van der Waals surface area contributed by atoms with E-state index in [-0.39, 0.29) is 6.42 Å². The first-order valence-corrected chi connectivity index (χ1v) is 26.3. The quantitative estimate of drug-likeness (QED) is 0.0174. The molecule has 0 aliphatic carbocycles. The van der Waals surface area contributed by atoms with E-state index in [9.17, 15) is 43.3 Å². The predicted molar refractivity (Wildman–Crippen MR) is 251 cm³/mol. The summed E-state index contributed by atoms with van der Waals surface area (Å²) in [6, 6.07) is -1.12. The molecule has 13 nitrogen and oxygen atoms in total. The van der Waals surface area contributed by atoms with Gasteiger partial charge in [-0.15, -0.1) is 0 Å². The first-order valence-electron chi connectivity index (χ1n) is 25.0. The highest BCUT2D eigenvalue weighted by Gasteiger charge is 2.48. The summed E-state index contributed by atoms with van der Waals surface area (Å²) in [5, 5.41) is 55.3. The fourth-order valence-corrected chi connectivity index (χ4v) is 8.36. The molecule has 14 heteroatoms. The van der Waals surface area contributed by atoms with E-state index in [2.05, 4.69) is 47.7 Å². The van der Waals surface area contributed by atoms with Gasteiger partial charge in [-0.25, -0.2) is 4.18 Å². The molecule has 0 aromatic carbocycles. The van der Waals surface area contributed by atoms with Gasteiger partial charge in [0.05, 0.1) is 25.4 Å². The Balaban J connectivity index is 2.50. The van der Waals surface area contributed by atoms with E-state index >= 15 is 0 Å². The summed E-state index contributed by atoms with van der Waals surface area (Å²) in [6.07, 6.45) is 35.1. The minimum Gasteiger partial charge on any atom is -0.394 e. The molecule has 0 saturated carbocycles. The molecular formula is C49H91NO12S. The topological polar surface area (TPSA) is 212 Å². The molecule has 0 aromatic heterocycles. The lowest BCUT2D eigenvalue weighted by atomic mass is 9.99. The van der Waals surface area contributed by atoms with Crippen molar-refractivity contribution in [1.29, 1.82) is 0 Å². The Morgan fingerprint density at radius 1 is 0.667 bits per heavy atom. The van der Waals surface area contributed by atoms with Crippen molar-refractivity contribution < 1.29 is 57.0 Å². The number of nitrogens with one attached hydrogen (secondary N) is 1. The van der Waals surface area contributed by atoms with Crippen molar-refractivity contribution in [2.24, 2.45) is 0 Å². The molecule has 8 unspecified atom stereocenters. The lowest BCUT2D eigenvalue weighted by Gasteiger charge is -2.41. The minimum atomic E-state index is -5.12. The SMILES string of the molecule is CC/C=C\C/C=C\CCCCCCCCCCCCCCCC(O)C(=O)NC(COC1OC(CO)C(O)C(OS(=O)(=O)O)C1O)C(O)/C=C/CCCCCCCCCCCCCC. The fraction of sp³-hybridized carbons (Fsp3) is 0.857. The molecule has 370 valence electrons. The van der Waals surface area contributed by atoms with E-state index in [1.807, 2.05) is 6.08 Å². The summed E-state index contributed by atoms with van der Waals surface area (Å²) < 4.78 is 47.6. The number of hydrogen-bond donors (Lipinski definition) is 7. The number of unbranched alkanes of at least 4 members (excludes halogenated alkanes) is 25. The highest BCUT2D eigenvalue weighted by atomic mass is 32.3. The van der Waals surface area contributed by atoms with Crippen LogP contribution in [-0.4, -0.2) is 107 Å². The van der Waals surface area contributed by atoms with Gasteiger partial charge in [0.15, 0.2) is 6.29 Å². The molecule has 1 aliphatic heterocycles. The standard InChI is InChI=1S/C49H91NO12S/c1-3-5-7-9-11-13-15-17-19-20-21-22-23-24-26-28-30-32-34-36-38-43(53)48(56)50-41(40-60-49-46(55)47(62-63(57,58)59)45(54)44(39-51)61-49)42(52)37-35-33-31-29-27-25-18-16-14-12-10-8-6-4-2/h5,7,11,13,35,37,41-47,49,51-55H,3-4,6,8-10,12,14-34,36,38-40H2,1-2H3,(H,50,56)(H,57,58,59)/b7-5-,13-11-,37-35+. The van der Waals surface area contributed by atoms with E-state index in [1.54, 1.807) is 0 Å². The zero-order valence-electron chi connectivity index (χ0n) is 39.3. The van der Waals surface area contributed by atoms with Crippen molar-refractivity contribution >= 4 is 16.3 Å². The number of hydrogen-bond acceptors (Lipinski definition) is 11. The van der Waals surface area contributed by atoms with Crippen LogP contribution in [0.5, 0.6) is 0 Å². The maximum Gasteiger partial charge on any atom is 0.397 e. The molecule has 0 radical (unpaired) electrons. The Morgan fingerprint density at radius 3 is 1.63 bits per heavy atom. The number of carbonyl (C=O) groups is 1. The lowest BCUT2D eigenvalue weighted by molar-refractivity contribution is -0.298. The predicted octanol–water partition coefficient (Wildman–Crippen LogP) is 9.25. The van der Waals surface area contributed by atoms with Crippen molar-refractivity contribution in [2.75, 3.05) is 13.2 Å². The molecule has 1 amide bonds. The summed E-state index contributed by atoms with van der Waals surface area (Å²) in [6.45, 7) is 3.12. The summed E-state index contributed by atoms with van der Waals surface area (Å²) in [7, 11) is -5.12. The van der Waals surface area contributed by atoms with Crippen molar-refractivity contribution in [3.05, 3.63) is 36.5 Å². The van der Waals surface area contributed by atoms with Crippen LogP contribution in [-0.2, 0) is 28.9 Å². The van der Waals surface area contributed by atoms with E-state index in [4.69, 9.17) is 9.47 Å². The summed E-state index contributed by atoms with van der Waals surface area (Å²) in [5.74, 6) is -0.703. The number of carbonyl (C=O) groups excluding carboxylic acids is 1. The van der Waals surface area contributed by atoms with Gasteiger partial charge in [0, 0.05) is 0 Å². The van der Waals surface area contributed by atoms with Gasteiger partial charge < -0.3 is 40.3 Å². The summed E-state index contributed by atoms with van der Waals surface area (Å²) in [4.78, 5) is 13.1. The number of ether oxygens (including phenoxy) is 2. The molecule has 1 rings (SSSR count). The van der Waals surface area contributed by atoms with E-state index in [0.717, 1.165) is 51.4 Å². The first kappa shape index (κ1) is 59.3. The largest absolute Gasteiger partial charge is 0.397 e. The van der Waals surface area contributed by atoms with E-state index < -0.39 is 78.5 Å². The van der Waals surface area contributed by atoms with Gasteiger partial charge in [-0.2, -0.15) is 8.42 Å². The lowest BCUT2D eigenvalue weighted by Crippen LogP contribution is -2.61. The summed E-state index contributed by atoms with van der Waals surface area (Å²) in [5.41, 5.74) is 0. The Kier molecular flexibility index (Phi) is 37.1. The van der Waals surface area contributed by atoms with E-state index in [1.165, 1.54) is 128 Å². The van der Waals surface area contributed by atoms with Gasteiger partial charge in [-0.05, 0) is 44.9 Å². The average Bonchev–Trinajstić information content (AvgIpc) is 3.25. The molecule has 8 atom stereocenters. The Bertz CT molecular complexity index is 1280. The molecule has 0 spiro atoms. The molecule has 7 N–H and O–H groups in total. The van der Waals surface area contributed by atoms with Crippen LogP contribution < -0.4 is 5.32 Å². The second-order valence-corrected chi connectivity index (χ2v) is 18.6. The number of rotatable bonds is 42. The first-order chi connectivity index (χ1) is 30.4. The molecular weight excluding hydrogens is 827 g/mol. The van der Waals surface area contributed by atoms with Crippen LogP contribution >= 0.6 is 0 Å². The number of aliphatic hydroxyl groups is 5. The zero-order chi connectivity index (χ0) is 46.4. The average molecular weight is 918 g/mol.